The number of rotatable bonds is 5. The van der Waals surface area contributed by atoms with Crippen LogP contribution in [0.1, 0.15) is 52.8 Å². The molecular formula is C34H35N9O4. The maximum atomic E-state index is 13.4. The molecule has 0 spiro atoms. The highest BCUT2D eigenvalue weighted by molar-refractivity contribution is 6.22. The molecule has 5 amide bonds. The van der Waals surface area contributed by atoms with Crippen molar-refractivity contribution in [3.8, 4) is 0 Å². The number of anilines is 2. The molecule has 0 saturated carbocycles. The van der Waals surface area contributed by atoms with E-state index in [-0.39, 0.29) is 18.5 Å². The average Bonchev–Trinajstić information content (AvgIpc) is 3.65. The number of nitrogens with one attached hydrogen (secondary N) is 1. The van der Waals surface area contributed by atoms with Crippen molar-refractivity contribution in [1.29, 1.82) is 0 Å². The molecule has 2 atom stereocenters. The maximum absolute atomic E-state index is 13.4. The van der Waals surface area contributed by atoms with E-state index in [1.54, 1.807) is 12.1 Å². The first-order chi connectivity index (χ1) is 22.9. The number of urea groups is 1. The smallest absolute Gasteiger partial charge is 0.343 e. The molecule has 5 aliphatic rings. The molecule has 2 unspecified atom stereocenters. The zero-order chi connectivity index (χ0) is 31.8. The Labute approximate surface area is 270 Å². The summed E-state index contributed by atoms with van der Waals surface area (Å²) in [6.07, 6.45) is 6.68. The van der Waals surface area contributed by atoms with Crippen LogP contribution >= 0.6 is 0 Å². The normalized spacial score (nSPS) is 23.8. The number of piperazine rings is 1. The van der Waals surface area contributed by atoms with E-state index in [1.807, 2.05) is 24.3 Å². The van der Waals surface area contributed by atoms with Crippen LogP contribution in [0.5, 0.6) is 0 Å². The molecule has 4 aromatic rings. The fourth-order valence-corrected chi connectivity index (χ4v) is 8.23. The van der Waals surface area contributed by atoms with E-state index in [0.717, 1.165) is 96.7 Å². The topological polar surface area (TPSA) is 127 Å². The van der Waals surface area contributed by atoms with Crippen molar-refractivity contribution in [2.24, 2.45) is 5.92 Å². The van der Waals surface area contributed by atoms with Crippen LogP contribution in [-0.2, 0) is 4.79 Å². The molecule has 0 radical (unpaired) electrons. The lowest BCUT2D eigenvalue weighted by molar-refractivity contribution is -0.122. The van der Waals surface area contributed by atoms with Crippen molar-refractivity contribution in [3.05, 3.63) is 65.9 Å². The molecular weight excluding hydrogens is 598 g/mol. The van der Waals surface area contributed by atoms with E-state index >= 15 is 0 Å². The molecule has 7 heterocycles. The molecule has 4 fully saturated rings. The van der Waals surface area contributed by atoms with Crippen LogP contribution in [0.3, 0.4) is 0 Å². The Kier molecular flexibility index (Phi) is 6.46. The summed E-state index contributed by atoms with van der Waals surface area (Å²) in [6.45, 7) is 4.80. The number of hydrogen-bond donors (Lipinski definition) is 1. The molecule has 2 aromatic carbocycles. The summed E-state index contributed by atoms with van der Waals surface area (Å²) in [5.74, 6) is 0.881. The SMILES string of the molecule is O=C1CCN(N2C(=O)c3ccc(N4CC5CCC(C4)N5CC4CCN(c5ccn6c(n5)nc5ccccc56)CC4)cc3C2=O)C(=O)N1. The summed E-state index contributed by atoms with van der Waals surface area (Å²) in [5, 5.41) is 4.09. The maximum Gasteiger partial charge on any atom is 0.343 e. The fourth-order valence-electron chi connectivity index (χ4n) is 8.23. The summed E-state index contributed by atoms with van der Waals surface area (Å²) in [6, 6.07) is 15.8. The molecule has 13 heteroatoms. The number of carbonyl (C=O) groups excluding carboxylic acids is 4. The zero-order valence-corrected chi connectivity index (χ0v) is 25.9. The predicted molar refractivity (Wildman–Crippen MR) is 173 cm³/mol. The van der Waals surface area contributed by atoms with Crippen LogP contribution in [0.15, 0.2) is 54.7 Å². The molecule has 240 valence electrons. The number of benzene rings is 2. The van der Waals surface area contributed by atoms with E-state index in [0.29, 0.717) is 23.6 Å². The van der Waals surface area contributed by atoms with Gasteiger partial charge in [-0.3, -0.25) is 29.0 Å². The van der Waals surface area contributed by atoms with E-state index in [4.69, 9.17) is 9.97 Å². The molecule has 2 bridgehead atoms. The molecule has 47 heavy (non-hydrogen) atoms. The number of para-hydroxylation sites is 2. The highest BCUT2D eigenvalue weighted by Crippen LogP contribution is 2.37. The van der Waals surface area contributed by atoms with Crippen LogP contribution in [-0.4, -0.2) is 104 Å². The number of piperidine rings is 1. The van der Waals surface area contributed by atoms with Gasteiger partial charge in [0.05, 0.1) is 28.7 Å². The molecule has 1 N–H and O–H groups in total. The molecule has 13 nitrogen and oxygen atoms in total. The fraction of sp³-hybridized carbons (Fsp3) is 0.412. The van der Waals surface area contributed by atoms with Crippen LogP contribution in [0.2, 0.25) is 0 Å². The van der Waals surface area contributed by atoms with E-state index < -0.39 is 23.8 Å². The number of fused-ring (bicyclic) bond motifs is 6. The Bertz CT molecular complexity index is 1950. The summed E-state index contributed by atoms with van der Waals surface area (Å²) < 4.78 is 2.05. The number of hydrogen-bond acceptors (Lipinski definition) is 9. The van der Waals surface area contributed by atoms with Gasteiger partial charge in [-0.2, -0.15) is 9.99 Å². The Morgan fingerprint density at radius 2 is 1.55 bits per heavy atom. The first-order valence-electron chi connectivity index (χ1n) is 16.5. The number of aromatic nitrogens is 3. The number of imidazole rings is 1. The minimum atomic E-state index is -0.754. The van der Waals surface area contributed by atoms with Gasteiger partial charge in [0.2, 0.25) is 11.7 Å². The number of imide groups is 2. The van der Waals surface area contributed by atoms with Gasteiger partial charge in [0.15, 0.2) is 0 Å². The van der Waals surface area contributed by atoms with Gasteiger partial charge in [-0.25, -0.2) is 14.8 Å². The third-order valence-electron chi connectivity index (χ3n) is 10.7. The quantitative estimate of drug-likeness (QED) is 0.330. The van der Waals surface area contributed by atoms with Gasteiger partial charge in [-0.15, -0.1) is 0 Å². The first-order valence-corrected chi connectivity index (χ1v) is 16.5. The largest absolute Gasteiger partial charge is 0.368 e. The van der Waals surface area contributed by atoms with E-state index in [2.05, 4.69) is 42.7 Å². The van der Waals surface area contributed by atoms with Gasteiger partial charge in [0.25, 0.3) is 11.8 Å². The Hall–Kier alpha value is -5.04. The van der Waals surface area contributed by atoms with Crippen molar-refractivity contribution >= 4 is 52.1 Å². The lowest BCUT2D eigenvalue weighted by Crippen LogP contribution is -2.58. The minimum Gasteiger partial charge on any atom is -0.368 e. The van der Waals surface area contributed by atoms with Crippen molar-refractivity contribution in [2.45, 2.75) is 44.2 Å². The van der Waals surface area contributed by atoms with E-state index in [9.17, 15) is 19.2 Å². The van der Waals surface area contributed by atoms with Gasteiger partial charge in [-0.1, -0.05) is 12.1 Å². The Balaban J connectivity index is 0.837. The lowest BCUT2D eigenvalue weighted by atomic mass is 9.95. The number of amides is 5. The van der Waals surface area contributed by atoms with Crippen molar-refractivity contribution in [2.75, 3.05) is 49.1 Å². The van der Waals surface area contributed by atoms with Crippen molar-refractivity contribution in [3.63, 3.8) is 0 Å². The predicted octanol–water partition coefficient (Wildman–Crippen LogP) is 2.91. The summed E-state index contributed by atoms with van der Waals surface area (Å²) in [7, 11) is 0. The van der Waals surface area contributed by atoms with Gasteiger partial charge < -0.3 is 9.80 Å². The first kappa shape index (κ1) is 28.2. The van der Waals surface area contributed by atoms with Crippen LogP contribution < -0.4 is 15.1 Å². The second-order valence-electron chi connectivity index (χ2n) is 13.4. The minimum absolute atomic E-state index is 0.0110. The average molecular weight is 634 g/mol. The number of carbonyl (C=O) groups is 4. The van der Waals surface area contributed by atoms with Gasteiger partial charge in [0, 0.05) is 63.1 Å². The Morgan fingerprint density at radius 1 is 0.787 bits per heavy atom. The summed E-state index contributed by atoms with van der Waals surface area (Å²) >= 11 is 0. The number of nitrogens with zero attached hydrogens (tertiary/aromatic N) is 8. The van der Waals surface area contributed by atoms with Crippen LogP contribution in [0.4, 0.5) is 16.3 Å². The zero-order valence-electron chi connectivity index (χ0n) is 25.9. The van der Waals surface area contributed by atoms with Crippen molar-refractivity contribution < 1.29 is 19.2 Å². The van der Waals surface area contributed by atoms with Gasteiger partial charge in [0.1, 0.15) is 5.82 Å². The molecule has 2 aromatic heterocycles. The van der Waals surface area contributed by atoms with Crippen molar-refractivity contribution in [1.82, 2.24) is 34.6 Å². The highest BCUT2D eigenvalue weighted by Gasteiger charge is 2.45. The van der Waals surface area contributed by atoms with Gasteiger partial charge in [-0.05, 0) is 68.0 Å². The van der Waals surface area contributed by atoms with E-state index in [1.165, 1.54) is 0 Å². The molecule has 4 saturated heterocycles. The highest BCUT2D eigenvalue weighted by atomic mass is 16.2. The standard InChI is InChI=1S/C34H35N9O4/c44-30-12-16-42(34(47)37-30)43-31(45)25-8-7-22(17-26(25)32(43)46)39-19-23-5-6-24(20-39)41(23)18-21-9-13-38(14-10-21)29-11-15-40-28-4-2-1-3-27(28)35-33(40)36-29/h1-4,7-8,11,15,17,21,23-24H,5-6,9-10,12-14,16,18-20H2,(H,37,44,47). The molecule has 5 aliphatic heterocycles. The third-order valence-corrected chi connectivity index (χ3v) is 10.7. The monoisotopic (exact) mass is 633 g/mol. The number of hydrazine groups is 1. The van der Waals surface area contributed by atoms with Crippen LogP contribution in [0, 0.1) is 5.92 Å². The Morgan fingerprint density at radius 3 is 2.34 bits per heavy atom. The molecule has 9 rings (SSSR count). The summed E-state index contributed by atoms with van der Waals surface area (Å²) in [4.78, 5) is 67.5. The third kappa shape index (κ3) is 4.62. The summed E-state index contributed by atoms with van der Waals surface area (Å²) in [5.41, 5.74) is 3.53. The van der Waals surface area contributed by atoms with Crippen LogP contribution in [0.25, 0.3) is 16.8 Å². The second-order valence-corrected chi connectivity index (χ2v) is 13.4. The lowest BCUT2D eigenvalue weighted by Gasteiger charge is -2.44. The molecule has 0 aliphatic carbocycles. The van der Waals surface area contributed by atoms with Gasteiger partial charge >= 0.3 is 6.03 Å². The second kappa shape index (κ2) is 10.8.